The Kier molecular flexibility index (Phi) is 9.65. The molecule has 282 valence electrons. The lowest BCUT2D eigenvalue weighted by Crippen LogP contribution is -2.48. The van der Waals surface area contributed by atoms with E-state index < -0.39 is 18.1 Å². The van der Waals surface area contributed by atoms with Crippen LogP contribution in [0.1, 0.15) is 65.3 Å². The minimum Gasteiger partial charge on any atom is -0.507 e. The van der Waals surface area contributed by atoms with Gasteiger partial charge in [-0.1, -0.05) is 55.4 Å². The molecule has 2 saturated heterocycles. The summed E-state index contributed by atoms with van der Waals surface area (Å²) in [4.78, 5) is 52.6. The molecule has 6 heterocycles. The second kappa shape index (κ2) is 14.7. The number of aromatic amines is 1. The van der Waals surface area contributed by atoms with Gasteiger partial charge in [-0.3, -0.25) is 14.4 Å². The van der Waals surface area contributed by atoms with E-state index in [4.69, 9.17) is 4.52 Å². The van der Waals surface area contributed by atoms with E-state index in [1.165, 1.54) is 4.90 Å². The lowest BCUT2D eigenvalue weighted by molar-refractivity contribution is -0.141. The number of para-hydroxylation sites is 1. The number of thiazole rings is 1. The number of carbonyl (C=O) groups excluding carboxylic acids is 3. The summed E-state index contributed by atoms with van der Waals surface area (Å²) >= 11 is 1.58. The Balaban J connectivity index is 0.895. The number of fused-ring (bicyclic) bond motifs is 1. The van der Waals surface area contributed by atoms with E-state index >= 15 is 0 Å². The van der Waals surface area contributed by atoms with Gasteiger partial charge < -0.3 is 34.8 Å². The number of aromatic hydroxyl groups is 1. The van der Waals surface area contributed by atoms with Gasteiger partial charge in [0.25, 0.3) is 5.91 Å². The summed E-state index contributed by atoms with van der Waals surface area (Å²) in [6.07, 6.45) is -0.692. The largest absolute Gasteiger partial charge is 0.507 e. The Hall–Kier alpha value is -5.93. The molecule has 0 bridgehead atoms. The van der Waals surface area contributed by atoms with Crippen molar-refractivity contribution in [2.24, 2.45) is 5.92 Å². The van der Waals surface area contributed by atoms with Crippen LogP contribution in [-0.2, 0) is 16.1 Å². The number of amides is 3. The number of likely N-dealkylation sites (tertiary alicyclic amines) is 2. The van der Waals surface area contributed by atoms with Gasteiger partial charge in [-0.05, 0) is 48.2 Å². The van der Waals surface area contributed by atoms with Crippen molar-refractivity contribution in [2.75, 3.05) is 19.6 Å². The number of phenols is 1. The molecule has 3 amide bonds. The maximum Gasteiger partial charge on any atom is 0.270 e. The molecule has 0 aliphatic carbocycles. The van der Waals surface area contributed by atoms with E-state index in [0.29, 0.717) is 52.5 Å². The van der Waals surface area contributed by atoms with Crippen molar-refractivity contribution in [3.8, 4) is 27.4 Å². The van der Waals surface area contributed by atoms with Crippen molar-refractivity contribution in [2.45, 2.75) is 57.7 Å². The average molecular weight is 761 g/mol. The number of aryl methyl sites for hydroxylation is 1. The Bertz CT molecular complexity index is 2380. The molecule has 3 atom stereocenters. The van der Waals surface area contributed by atoms with Crippen molar-refractivity contribution >= 4 is 40.1 Å². The summed E-state index contributed by atoms with van der Waals surface area (Å²) in [6, 6.07) is 19.2. The first-order chi connectivity index (χ1) is 26.5. The second-order valence-corrected chi connectivity index (χ2v) is 15.4. The molecule has 2 aliphatic heterocycles. The van der Waals surface area contributed by atoms with Gasteiger partial charge in [0.1, 0.15) is 29.2 Å². The van der Waals surface area contributed by atoms with Crippen LogP contribution < -0.4 is 5.32 Å². The third-order valence-corrected chi connectivity index (χ3v) is 11.4. The summed E-state index contributed by atoms with van der Waals surface area (Å²) in [6.45, 7) is 6.92. The number of aliphatic hydroxyl groups is 1. The molecule has 55 heavy (non-hydrogen) atoms. The number of benzene rings is 2. The van der Waals surface area contributed by atoms with Crippen LogP contribution in [-0.4, -0.2) is 94.8 Å². The first-order valence-corrected chi connectivity index (χ1v) is 19.1. The number of nitrogens with one attached hydrogen (secondary N) is 2. The zero-order chi connectivity index (χ0) is 38.4. The fraction of sp³-hybridized carbons (Fsp3) is 0.325. The number of aromatic nitrogens is 5. The molecular formula is C40H40N8O6S. The van der Waals surface area contributed by atoms with Crippen LogP contribution in [0.4, 0.5) is 0 Å². The highest BCUT2D eigenvalue weighted by Gasteiger charge is 2.44. The van der Waals surface area contributed by atoms with Gasteiger partial charge in [0.2, 0.25) is 11.8 Å². The summed E-state index contributed by atoms with van der Waals surface area (Å²) in [7, 11) is 0. The SMILES string of the molecule is Cc1ncsc1-c1ccc(CNC(=O)[C@@H]2C[C@@H](O)CN2C(=O)[C@H](c2cc(C3CN(C(=O)c4cc5cc(-c6ccccc6O)nnc5[nH]4)C3)no2)C(C)C)cc1. The molecule has 4 aromatic heterocycles. The highest BCUT2D eigenvalue weighted by Crippen LogP contribution is 2.35. The topological polar surface area (TPSA) is 191 Å². The highest BCUT2D eigenvalue weighted by molar-refractivity contribution is 7.13. The van der Waals surface area contributed by atoms with Crippen LogP contribution in [0, 0.1) is 12.8 Å². The van der Waals surface area contributed by atoms with E-state index in [9.17, 15) is 24.6 Å². The first kappa shape index (κ1) is 36.1. The van der Waals surface area contributed by atoms with Gasteiger partial charge in [0, 0.05) is 55.5 Å². The van der Waals surface area contributed by atoms with Crippen LogP contribution in [0.25, 0.3) is 32.7 Å². The predicted octanol–water partition coefficient (Wildman–Crippen LogP) is 5.01. The summed E-state index contributed by atoms with van der Waals surface area (Å²) in [5.41, 5.74) is 7.27. The zero-order valence-electron chi connectivity index (χ0n) is 30.5. The van der Waals surface area contributed by atoms with Crippen LogP contribution >= 0.6 is 11.3 Å². The fourth-order valence-corrected chi connectivity index (χ4v) is 8.21. The minimum absolute atomic E-state index is 0.0408. The Morgan fingerprint density at radius 2 is 1.82 bits per heavy atom. The number of hydrogen-bond acceptors (Lipinski definition) is 11. The molecule has 0 saturated carbocycles. The number of carbonyl (C=O) groups is 3. The average Bonchev–Trinajstić information content (AvgIpc) is 3.97. The van der Waals surface area contributed by atoms with Gasteiger partial charge in [-0.25, -0.2) is 4.98 Å². The second-order valence-electron chi connectivity index (χ2n) is 14.6. The van der Waals surface area contributed by atoms with E-state index in [1.807, 2.05) is 50.5 Å². The Labute approximate surface area is 320 Å². The van der Waals surface area contributed by atoms with Crippen LogP contribution in [0.5, 0.6) is 5.75 Å². The number of phenolic OH excluding ortho intramolecular Hbond substituents is 1. The maximum absolute atomic E-state index is 14.1. The van der Waals surface area contributed by atoms with Crippen molar-refractivity contribution in [1.29, 1.82) is 0 Å². The Morgan fingerprint density at radius 3 is 2.55 bits per heavy atom. The molecule has 6 aromatic rings. The molecule has 0 spiro atoms. The van der Waals surface area contributed by atoms with Gasteiger partial charge in [-0.2, -0.15) is 0 Å². The summed E-state index contributed by atoms with van der Waals surface area (Å²) in [5.74, 6) is -1.37. The third kappa shape index (κ3) is 7.08. The number of nitrogens with zero attached hydrogens (tertiary/aromatic N) is 6. The molecule has 8 rings (SSSR count). The van der Waals surface area contributed by atoms with Crippen LogP contribution in [0.2, 0.25) is 0 Å². The van der Waals surface area contributed by atoms with Crippen molar-refractivity contribution < 1.29 is 29.1 Å². The van der Waals surface area contributed by atoms with Gasteiger partial charge in [0.05, 0.1) is 33.6 Å². The van der Waals surface area contributed by atoms with Crippen molar-refractivity contribution in [1.82, 2.24) is 40.4 Å². The first-order valence-electron chi connectivity index (χ1n) is 18.2. The fourth-order valence-electron chi connectivity index (χ4n) is 7.39. The standard InChI is InChI=1S/C40H40N8O6S/c1-21(2)35(40(53)48-19-27(49)14-32(48)38(51)41-16-23-8-10-24(11-9-23)36-22(3)42-20-55-36)34-15-29(46-54-34)26-17-47(18-26)39(52)31-13-25-12-30(44-45-37(25)43-31)28-6-4-5-7-33(28)50/h4-13,15,20-21,26-27,32,35,49-50H,14,16-19H2,1-3H3,(H,41,51)(H,43,45)/t27-,32+,35+/m1/s1. The van der Waals surface area contributed by atoms with Gasteiger partial charge >= 0.3 is 0 Å². The van der Waals surface area contributed by atoms with Gasteiger partial charge in [0.15, 0.2) is 5.65 Å². The molecule has 14 nitrogen and oxygen atoms in total. The van der Waals surface area contributed by atoms with Crippen LogP contribution in [0.3, 0.4) is 0 Å². The predicted molar refractivity (Wildman–Crippen MR) is 204 cm³/mol. The third-order valence-electron chi connectivity index (χ3n) is 10.5. The molecule has 0 radical (unpaired) electrons. The molecule has 4 N–H and O–H groups in total. The monoisotopic (exact) mass is 760 g/mol. The van der Waals surface area contributed by atoms with Gasteiger partial charge in [-0.15, -0.1) is 21.5 Å². The summed E-state index contributed by atoms with van der Waals surface area (Å²) < 4.78 is 5.77. The van der Waals surface area contributed by atoms with E-state index in [-0.39, 0.29) is 54.8 Å². The molecular weight excluding hydrogens is 721 g/mol. The quantitative estimate of drug-likeness (QED) is 0.148. The zero-order valence-corrected chi connectivity index (χ0v) is 31.3. The molecule has 2 aliphatic rings. The number of rotatable bonds is 10. The van der Waals surface area contributed by atoms with Crippen molar-refractivity contribution in [3.05, 3.63) is 101 Å². The van der Waals surface area contributed by atoms with Crippen molar-refractivity contribution in [3.63, 3.8) is 0 Å². The maximum atomic E-state index is 14.1. The normalized spacial score (nSPS) is 17.8. The lowest BCUT2D eigenvalue weighted by Gasteiger charge is -2.37. The molecule has 2 fully saturated rings. The molecule has 2 aromatic carbocycles. The van der Waals surface area contributed by atoms with E-state index in [2.05, 4.69) is 30.6 Å². The van der Waals surface area contributed by atoms with E-state index in [0.717, 1.165) is 21.7 Å². The molecule has 15 heteroatoms. The highest BCUT2D eigenvalue weighted by atomic mass is 32.1. The number of aliphatic hydroxyl groups excluding tert-OH is 1. The number of H-pyrrole nitrogens is 1. The van der Waals surface area contributed by atoms with E-state index in [1.54, 1.807) is 58.7 Å². The number of β-amino-alcohol motifs (C(OH)–C–C–N with tert-alkyl or cyclic N) is 1. The smallest absolute Gasteiger partial charge is 0.270 e. The lowest BCUT2D eigenvalue weighted by atomic mass is 9.89. The minimum atomic E-state index is -0.832. The van der Waals surface area contributed by atoms with Crippen LogP contribution in [0.15, 0.2) is 76.8 Å². The molecule has 0 unspecified atom stereocenters. The Morgan fingerprint density at radius 1 is 1.04 bits per heavy atom. The summed E-state index contributed by atoms with van der Waals surface area (Å²) in [5, 5.41) is 37.2. The number of hydrogen-bond donors (Lipinski definition) is 4.